The number of nitrogens with zero attached hydrogens (tertiary/aromatic N) is 2. The normalized spacial score (nSPS) is 22.3. The van der Waals surface area contributed by atoms with E-state index < -0.39 is 16.3 Å². The molecule has 1 aromatic heterocycles. The van der Waals surface area contributed by atoms with Crippen LogP contribution in [0.3, 0.4) is 0 Å². The second kappa shape index (κ2) is 6.69. The average molecular weight is 389 g/mol. The molecule has 1 fully saturated rings. The molecular formula is C14H17BrN2O6. The fourth-order valence-electron chi connectivity index (χ4n) is 2.33. The number of aromatic nitrogens is 2. The Balaban J connectivity index is 2.24. The van der Waals surface area contributed by atoms with E-state index in [9.17, 15) is 14.4 Å². The zero-order valence-electron chi connectivity index (χ0n) is 13.0. The Morgan fingerprint density at radius 1 is 1.35 bits per heavy atom. The van der Waals surface area contributed by atoms with Crippen LogP contribution in [0.5, 0.6) is 0 Å². The molecule has 0 N–H and O–H groups in total. The fourth-order valence-corrected chi connectivity index (χ4v) is 3.12. The van der Waals surface area contributed by atoms with Gasteiger partial charge in [-0.05, 0) is 13.3 Å². The van der Waals surface area contributed by atoms with Gasteiger partial charge in [-0.15, -0.1) is 0 Å². The molecule has 0 amide bonds. The van der Waals surface area contributed by atoms with Crippen molar-refractivity contribution >= 4 is 33.8 Å². The van der Waals surface area contributed by atoms with E-state index in [4.69, 9.17) is 9.47 Å². The topological polar surface area (TPSA) is 96.7 Å². The van der Waals surface area contributed by atoms with Crippen LogP contribution in [-0.4, -0.2) is 52.6 Å². The molecule has 0 radical (unpaired) electrons. The summed E-state index contributed by atoms with van der Waals surface area (Å²) in [6.07, 6.45) is 1.92. The van der Waals surface area contributed by atoms with Gasteiger partial charge in [-0.25, -0.2) is 14.6 Å². The van der Waals surface area contributed by atoms with Gasteiger partial charge < -0.3 is 18.8 Å². The van der Waals surface area contributed by atoms with Crippen LogP contribution < -0.4 is 0 Å². The molecule has 0 bridgehead atoms. The molecular weight excluding hydrogens is 372 g/mol. The molecule has 1 heterocycles. The first-order valence-corrected chi connectivity index (χ1v) is 7.74. The summed E-state index contributed by atoms with van der Waals surface area (Å²) in [7, 11) is 2.41. The number of methoxy groups -OCH3 is 2. The summed E-state index contributed by atoms with van der Waals surface area (Å²) in [5, 5.41) is 0. The molecule has 0 aliphatic heterocycles. The molecule has 1 aromatic rings. The lowest BCUT2D eigenvalue weighted by Gasteiger charge is -2.13. The van der Waals surface area contributed by atoms with Gasteiger partial charge >= 0.3 is 17.9 Å². The largest absolute Gasteiger partial charge is 0.466 e. The maximum Gasteiger partial charge on any atom is 0.359 e. The highest BCUT2D eigenvalue weighted by Gasteiger charge is 2.58. The lowest BCUT2D eigenvalue weighted by Crippen LogP contribution is -2.22. The van der Waals surface area contributed by atoms with Gasteiger partial charge in [0.25, 0.3) is 0 Å². The predicted octanol–water partition coefficient (Wildman–Crippen LogP) is 1.17. The first-order valence-electron chi connectivity index (χ1n) is 6.95. The Morgan fingerprint density at radius 2 is 2.00 bits per heavy atom. The van der Waals surface area contributed by atoms with Crippen molar-refractivity contribution < 1.29 is 28.6 Å². The molecule has 2 atom stereocenters. The summed E-state index contributed by atoms with van der Waals surface area (Å²) in [5.74, 6) is -2.04. The summed E-state index contributed by atoms with van der Waals surface area (Å²) in [6, 6.07) is 0. The summed E-state index contributed by atoms with van der Waals surface area (Å²) in [5.41, 5.74) is -0.128. The SMILES string of the molecule is CCOC(=O)[C@H]1C[C@@]1(Br)Cn1cnc(C(=O)OC)c1C(=O)OC. The van der Waals surface area contributed by atoms with Gasteiger partial charge in [0.2, 0.25) is 0 Å². The third kappa shape index (κ3) is 3.39. The predicted molar refractivity (Wildman–Crippen MR) is 81.3 cm³/mol. The van der Waals surface area contributed by atoms with Crippen LogP contribution in [0, 0.1) is 5.92 Å². The highest BCUT2D eigenvalue weighted by atomic mass is 79.9. The van der Waals surface area contributed by atoms with E-state index in [0.29, 0.717) is 13.0 Å². The molecule has 0 spiro atoms. The van der Waals surface area contributed by atoms with Crippen molar-refractivity contribution in [3.63, 3.8) is 0 Å². The van der Waals surface area contributed by atoms with Gasteiger partial charge in [-0.3, -0.25) is 4.79 Å². The minimum atomic E-state index is -0.731. The highest BCUT2D eigenvalue weighted by Crippen LogP contribution is 2.53. The number of hydrogen-bond acceptors (Lipinski definition) is 7. The van der Waals surface area contributed by atoms with E-state index in [1.165, 1.54) is 25.1 Å². The number of esters is 3. The molecule has 2 rings (SSSR count). The average Bonchev–Trinajstić information content (AvgIpc) is 3.02. The molecule has 126 valence electrons. The number of hydrogen-bond donors (Lipinski definition) is 0. The van der Waals surface area contributed by atoms with E-state index in [0.717, 1.165) is 0 Å². The molecule has 1 aliphatic carbocycles. The molecule has 0 aromatic carbocycles. The van der Waals surface area contributed by atoms with Crippen molar-refractivity contribution in [3.8, 4) is 0 Å². The number of ether oxygens (including phenoxy) is 3. The molecule has 23 heavy (non-hydrogen) atoms. The van der Waals surface area contributed by atoms with Gasteiger partial charge in [0, 0.05) is 6.54 Å². The number of halogens is 1. The van der Waals surface area contributed by atoms with Crippen molar-refractivity contribution in [2.45, 2.75) is 24.2 Å². The first-order chi connectivity index (χ1) is 10.9. The van der Waals surface area contributed by atoms with E-state index in [2.05, 4.69) is 25.7 Å². The van der Waals surface area contributed by atoms with Gasteiger partial charge in [0.15, 0.2) is 11.4 Å². The minimum absolute atomic E-state index is 0.00677. The lowest BCUT2D eigenvalue weighted by molar-refractivity contribution is -0.144. The Kier molecular flexibility index (Phi) is 5.08. The number of imidazole rings is 1. The monoisotopic (exact) mass is 388 g/mol. The molecule has 0 unspecified atom stereocenters. The summed E-state index contributed by atoms with van der Waals surface area (Å²) in [6.45, 7) is 2.32. The van der Waals surface area contributed by atoms with Gasteiger partial charge in [0.05, 0.1) is 37.4 Å². The van der Waals surface area contributed by atoms with E-state index in [1.54, 1.807) is 6.92 Å². The van der Waals surface area contributed by atoms with E-state index in [1.807, 2.05) is 0 Å². The second-order valence-corrected chi connectivity index (χ2v) is 6.68. The Labute approximate surface area is 141 Å². The number of carbonyl (C=O) groups is 3. The number of rotatable bonds is 6. The van der Waals surface area contributed by atoms with Crippen molar-refractivity contribution in [3.05, 3.63) is 17.7 Å². The van der Waals surface area contributed by atoms with Crippen molar-refractivity contribution in [1.29, 1.82) is 0 Å². The number of carbonyl (C=O) groups excluding carboxylic acids is 3. The van der Waals surface area contributed by atoms with E-state index in [-0.39, 0.29) is 29.8 Å². The van der Waals surface area contributed by atoms with Crippen LogP contribution >= 0.6 is 15.9 Å². The van der Waals surface area contributed by atoms with Crippen molar-refractivity contribution in [1.82, 2.24) is 9.55 Å². The van der Waals surface area contributed by atoms with E-state index >= 15 is 0 Å². The smallest absolute Gasteiger partial charge is 0.359 e. The molecule has 0 saturated heterocycles. The maximum absolute atomic E-state index is 12.0. The fraction of sp³-hybridized carbons (Fsp3) is 0.571. The minimum Gasteiger partial charge on any atom is -0.466 e. The van der Waals surface area contributed by atoms with Crippen LogP contribution in [-0.2, 0) is 25.5 Å². The lowest BCUT2D eigenvalue weighted by atomic mass is 10.2. The molecule has 1 saturated carbocycles. The Hall–Kier alpha value is -1.90. The van der Waals surface area contributed by atoms with Crippen LogP contribution in [0.25, 0.3) is 0 Å². The van der Waals surface area contributed by atoms with Gasteiger partial charge in [-0.2, -0.15) is 0 Å². The highest BCUT2D eigenvalue weighted by molar-refractivity contribution is 9.10. The summed E-state index contributed by atoms with van der Waals surface area (Å²) >= 11 is 3.51. The molecule has 1 aliphatic rings. The van der Waals surface area contributed by atoms with Crippen molar-refractivity contribution in [2.75, 3.05) is 20.8 Å². The standard InChI is InChI=1S/C14H17BrN2O6/c1-4-23-11(18)8-5-14(8,15)6-17-7-16-9(12(19)21-2)10(17)13(20)22-3/h7-8H,4-6H2,1-3H3/t8-,14-/m1/s1. The van der Waals surface area contributed by atoms with Crippen LogP contribution in [0.2, 0.25) is 0 Å². The summed E-state index contributed by atoms with van der Waals surface area (Å²) < 4.78 is 15.3. The molecule has 9 heteroatoms. The molecule has 8 nitrogen and oxygen atoms in total. The quantitative estimate of drug-likeness (QED) is 0.409. The first kappa shape index (κ1) is 17.5. The van der Waals surface area contributed by atoms with Gasteiger partial charge in [0.1, 0.15) is 0 Å². The zero-order chi connectivity index (χ0) is 17.2. The maximum atomic E-state index is 12.0. The number of alkyl halides is 1. The van der Waals surface area contributed by atoms with Gasteiger partial charge in [-0.1, -0.05) is 15.9 Å². The second-order valence-electron chi connectivity index (χ2n) is 5.10. The van der Waals surface area contributed by atoms with Crippen LogP contribution in [0.1, 0.15) is 34.3 Å². The third-order valence-electron chi connectivity index (χ3n) is 3.61. The van der Waals surface area contributed by atoms with Crippen LogP contribution in [0.4, 0.5) is 0 Å². The zero-order valence-corrected chi connectivity index (χ0v) is 14.6. The summed E-state index contributed by atoms with van der Waals surface area (Å²) in [4.78, 5) is 39.4. The van der Waals surface area contributed by atoms with Crippen molar-refractivity contribution in [2.24, 2.45) is 5.92 Å². The Morgan fingerprint density at radius 3 is 2.57 bits per heavy atom. The Bertz CT molecular complexity index is 643. The third-order valence-corrected chi connectivity index (χ3v) is 4.73. The van der Waals surface area contributed by atoms with Crippen LogP contribution in [0.15, 0.2) is 6.33 Å².